The second-order valence-corrected chi connectivity index (χ2v) is 7.49. The average Bonchev–Trinajstić information content (AvgIpc) is 3.13. The van der Waals surface area contributed by atoms with Crippen molar-refractivity contribution in [3.05, 3.63) is 72.6 Å². The van der Waals surface area contributed by atoms with Crippen molar-refractivity contribution >= 4 is 28.5 Å². The minimum atomic E-state index is -0.0506. The molecular weight excluding hydrogens is 388 g/mol. The molecule has 31 heavy (non-hydrogen) atoms. The quantitative estimate of drug-likeness (QED) is 0.398. The zero-order valence-corrected chi connectivity index (χ0v) is 18.3. The van der Waals surface area contributed by atoms with Crippen molar-refractivity contribution in [1.82, 2.24) is 14.9 Å². The number of hydrogen-bond acceptors (Lipinski definition) is 3. The Balaban J connectivity index is 1.63. The van der Waals surface area contributed by atoms with E-state index >= 15 is 0 Å². The van der Waals surface area contributed by atoms with Crippen molar-refractivity contribution < 1.29 is 9.59 Å². The SMILES string of the molecule is C/C=C/C(=O)NCCCCCc1nc2ccccc2n1CC(=O)N(C)c1ccccc1. The molecule has 6 nitrogen and oxygen atoms in total. The fourth-order valence-electron chi connectivity index (χ4n) is 3.54. The van der Waals surface area contributed by atoms with E-state index in [-0.39, 0.29) is 18.4 Å². The van der Waals surface area contributed by atoms with E-state index in [9.17, 15) is 9.59 Å². The van der Waals surface area contributed by atoms with Gasteiger partial charge in [-0.25, -0.2) is 4.98 Å². The number of carbonyl (C=O) groups excluding carboxylic acids is 2. The standard InChI is InChI=1S/C25H30N4O2/c1-3-12-24(30)26-18-11-5-8-17-23-27-21-15-9-10-16-22(21)29(23)19-25(31)28(2)20-13-6-4-7-14-20/h3-4,6-7,9-10,12-16H,5,8,11,17-19H2,1-2H3,(H,26,30)/b12-3+. The van der Waals surface area contributed by atoms with Gasteiger partial charge in [-0.05, 0) is 50.1 Å². The Kier molecular flexibility index (Phi) is 7.98. The van der Waals surface area contributed by atoms with E-state index in [4.69, 9.17) is 4.98 Å². The summed E-state index contributed by atoms with van der Waals surface area (Å²) < 4.78 is 2.03. The number of nitrogens with one attached hydrogen (secondary N) is 1. The predicted octanol–water partition coefficient (Wildman–Crippen LogP) is 4.10. The second-order valence-electron chi connectivity index (χ2n) is 7.49. The highest BCUT2D eigenvalue weighted by molar-refractivity contribution is 5.93. The number of rotatable bonds is 10. The van der Waals surface area contributed by atoms with Gasteiger partial charge in [0.1, 0.15) is 12.4 Å². The van der Waals surface area contributed by atoms with Gasteiger partial charge in [0.15, 0.2) is 0 Å². The number of nitrogens with zero attached hydrogens (tertiary/aromatic N) is 3. The maximum atomic E-state index is 13.0. The molecule has 3 rings (SSSR count). The fraction of sp³-hybridized carbons (Fsp3) is 0.320. The molecule has 0 radical (unpaired) electrons. The molecule has 0 atom stereocenters. The van der Waals surface area contributed by atoms with Crippen molar-refractivity contribution in [3.63, 3.8) is 0 Å². The summed E-state index contributed by atoms with van der Waals surface area (Å²) in [6, 6.07) is 17.6. The number of anilines is 1. The van der Waals surface area contributed by atoms with Gasteiger partial charge in [-0.1, -0.05) is 42.8 Å². The number of para-hydroxylation sites is 3. The topological polar surface area (TPSA) is 67.2 Å². The van der Waals surface area contributed by atoms with Crippen molar-refractivity contribution in [1.29, 1.82) is 0 Å². The molecule has 2 amide bonds. The van der Waals surface area contributed by atoms with E-state index in [0.29, 0.717) is 6.54 Å². The first-order valence-electron chi connectivity index (χ1n) is 10.8. The lowest BCUT2D eigenvalue weighted by atomic mass is 10.2. The van der Waals surface area contributed by atoms with Crippen molar-refractivity contribution in [2.45, 2.75) is 39.2 Å². The molecule has 1 aromatic heterocycles. The number of hydrogen-bond donors (Lipinski definition) is 1. The molecular formula is C25H30N4O2. The van der Waals surface area contributed by atoms with E-state index in [1.54, 1.807) is 18.0 Å². The number of fused-ring (bicyclic) bond motifs is 1. The summed E-state index contributed by atoms with van der Waals surface area (Å²) in [5, 5.41) is 2.87. The first-order valence-corrected chi connectivity index (χ1v) is 10.8. The van der Waals surface area contributed by atoms with E-state index in [2.05, 4.69) is 5.32 Å². The van der Waals surface area contributed by atoms with Crippen molar-refractivity contribution in [2.75, 3.05) is 18.5 Å². The number of carbonyl (C=O) groups is 2. The first kappa shape index (κ1) is 22.3. The molecule has 2 aromatic carbocycles. The Morgan fingerprint density at radius 3 is 2.55 bits per heavy atom. The molecule has 0 saturated heterocycles. The zero-order valence-electron chi connectivity index (χ0n) is 18.3. The number of aryl methyl sites for hydroxylation is 1. The van der Waals surface area contributed by atoms with E-state index in [0.717, 1.165) is 48.2 Å². The maximum Gasteiger partial charge on any atom is 0.246 e. The Labute approximate surface area is 183 Å². The third kappa shape index (κ3) is 6.04. The van der Waals surface area contributed by atoms with E-state index in [1.165, 1.54) is 6.08 Å². The van der Waals surface area contributed by atoms with Crippen LogP contribution in [0, 0.1) is 0 Å². The van der Waals surface area contributed by atoms with Crippen LogP contribution in [0.4, 0.5) is 5.69 Å². The van der Waals surface area contributed by atoms with Gasteiger partial charge in [0.05, 0.1) is 11.0 Å². The number of allylic oxidation sites excluding steroid dienone is 1. The van der Waals surface area contributed by atoms with E-state index in [1.807, 2.05) is 66.1 Å². The molecule has 0 fully saturated rings. The molecule has 0 aliphatic rings. The maximum absolute atomic E-state index is 13.0. The summed E-state index contributed by atoms with van der Waals surface area (Å²) >= 11 is 0. The molecule has 0 aliphatic heterocycles. The van der Waals surface area contributed by atoms with Crippen molar-refractivity contribution in [3.8, 4) is 0 Å². The van der Waals surface area contributed by atoms with Crippen LogP contribution in [0.2, 0.25) is 0 Å². The molecule has 1 heterocycles. The number of imidazole rings is 1. The monoisotopic (exact) mass is 418 g/mol. The first-order chi connectivity index (χ1) is 15.1. The summed E-state index contributed by atoms with van der Waals surface area (Å²) in [4.78, 5) is 30.9. The van der Waals surface area contributed by atoms with Crippen LogP contribution in [-0.2, 0) is 22.6 Å². The molecule has 6 heteroatoms. The van der Waals surface area contributed by atoms with Gasteiger partial charge in [0.25, 0.3) is 0 Å². The number of benzene rings is 2. The lowest BCUT2D eigenvalue weighted by Crippen LogP contribution is -2.30. The second kappa shape index (κ2) is 11.1. The van der Waals surface area contributed by atoms with Gasteiger partial charge in [-0.3, -0.25) is 9.59 Å². The van der Waals surface area contributed by atoms with Crippen LogP contribution < -0.4 is 10.2 Å². The molecule has 0 saturated carbocycles. The molecule has 0 aliphatic carbocycles. The smallest absolute Gasteiger partial charge is 0.246 e. The van der Waals surface area contributed by atoms with E-state index < -0.39 is 0 Å². The summed E-state index contributed by atoms with van der Waals surface area (Å²) in [5.74, 6) is 0.890. The van der Waals surface area contributed by atoms with Gasteiger partial charge >= 0.3 is 0 Å². The Bertz CT molecular complexity index is 1040. The van der Waals surface area contributed by atoms with Crippen LogP contribution in [0.1, 0.15) is 32.0 Å². The molecule has 0 spiro atoms. The number of amides is 2. The molecule has 162 valence electrons. The fourth-order valence-corrected chi connectivity index (χ4v) is 3.54. The number of aromatic nitrogens is 2. The Morgan fingerprint density at radius 2 is 1.77 bits per heavy atom. The lowest BCUT2D eigenvalue weighted by molar-refractivity contribution is -0.119. The Hall–Kier alpha value is -3.41. The molecule has 0 bridgehead atoms. The number of unbranched alkanes of at least 4 members (excludes halogenated alkanes) is 2. The van der Waals surface area contributed by atoms with Gasteiger partial charge in [-0.2, -0.15) is 0 Å². The van der Waals surface area contributed by atoms with Gasteiger partial charge in [-0.15, -0.1) is 0 Å². The van der Waals surface area contributed by atoms with Crippen LogP contribution >= 0.6 is 0 Å². The third-order valence-corrected chi connectivity index (χ3v) is 5.24. The average molecular weight is 419 g/mol. The summed E-state index contributed by atoms with van der Waals surface area (Å²) in [7, 11) is 1.80. The highest BCUT2D eigenvalue weighted by atomic mass is 16.2. The zero-order chi connectivity index (χ0) is 22.1. The largest absolute Gasteiger partial charge is 0.353 e. The third-order valence-electron chi connectivity index (χ3n) is 5.24. The molecule has 0 unspecified atom stereocenters. The highest BCUT2D eigenvalue weighted by Crippen LogP contribution is 2.19. The van der Waals surface area contributed by atoms with Crippen molar-refractivity contribution in [2.24, 2.45) is 0 Å². The minimum absolute atomic E-state index is 0.0160. The van der Waals surface area contributed by atoms with Crippen LogP contribution in [-0.4, -0.2) is 35.0 Å². The molecule has 3 aromatic rings. The normalized spacial score (nSPS) is 11.2. The Morgan fingerprint density at radius 1 is 1.03 bits per heavy atom. The van der Waals surface area contributed by atoms with Crippen LogP contribution in [0.5, 0.6) is 0 Å². The van der Waals surface area contributed by atoms with Gasteiger partial charge < -0.3 is 14.8 Å². The van der Waals surface area contributed by atoms with Crippen LogP contribution in [0.3, 0.4) is 0 Å². The highest BCUT2D eigenvalue weighted by Gasteiger charge is 2.16. The molecule has 1 N–H and O–H groups in total. The summed E-state index contributed by atoms with van der Waals surface area (Å²) in [5.41, 5.74) is 2.76. The predicted molar refractivity (Wildman–Crippen MR) is 125 cm³/mol. The number of likely N-dealkylation sites (N-methyl/N-ethyl adjacent to an activating group) is 1. The van der Waals surface area contributed by atoms with Crippen LogP contribution in [0.25, 0.3) is 11.0 Å². The lowest BCUT2D eigenvalue weighted by Gasteiger charge is -2.18. The van der Waals surface area contributed by atoms with Gasteiger partial charge in [0.2, 0.25) is 11.8 Å². The minimum Gasteiger partial charge on any atom is -0.353 e. The van der Waals surface area contributed by atoms with Gasteiger partial charge in [0, 0.05) is 25.7 Å². The van der Waals surface area contributed by atoms with Crippen LogP contribution in [0.15, 0.2) is 66.7 Å². The summed E-state index contributed by atoms with van der Waals surface area (Å²) in [6.45, 7) is 2.74. The summed E-state index contributed by atoms with van der Waals surface area (Å²) in [6.07, 6.45) is 6.91.